The highest BCUT2D eigenvalue weighted by atomic mass is 35.5. The molecule has 28 heavy (non-hydrogen) atoms. The van der Waals surface area contributed by atoms with Gasteiger partial charge in [0.2, 0.25) is 0 Å². The highest BCUT2D eigenvalue weighted by Crippen LogP contribution is 2.37. The third-order valence-corrected chi connectivity index (χ3v) is 5.29. The smallest absolute Gasteiger partial charge is 0.330 e. The standard InChI is InChI=1S/C21H18ClN3O3/c1-12-8-9-17(26)15(10-12)25-11-16-18(20(27)24(3)21(28)23(16)2)19(25)13-6-4-5-7-14(13)22/h4-11,26H,1-3H3. The molecule has 0 radical (unpaired) electrons. The molecule has 0 aliphatic heterocycles. The van der Waals surface area contributed by atoms with Gasteiger partial charge in [-0.05, 0) is 30.7 Å². The van der Waals surface area contributed by atoms with Gasteiger partial charge in [-0.1, -0.05) is 35.9 Å². The molecule has 4 aromatic rings. The van der Waals surface area contributed by atoms with Crippen LogP contribution < -0.4 is 11.2 Å². The molecule has 0 unspecified atom stereocenters. The fraction of sp³-hybridized carbons (Fsp3) is 0.143. The molecule has 2 aromatic carbocycles. The molecule has 0 saturated carbocycles. The summed E-state index contributed by atoms with van der Waals surface area (Å²) in [6.45, 7) is 1.91. The summed E-state index contributed by atoms with van der Waals surface area (Å²) >= 11 is 6.46. The van der Waals surface area contributed by atoms with E-state index in [2.05, 4.69) is 0 Å². The average molecular weight is 396 g/mol. The molecule has 4 rings (SSSR count). The lowest BCUT2D eigenvalue weighted by Crippen LogP contribution is -2.36. The minimum absolute atomic E-state index is 0.0565. The molecule has 2 heterocycles. The van der Waals surface area contributed by atoms with Gasteiger partial charge in [0.05, 0.1) is 22.3 Å². The summed E-state index contributed by atoms with van der Waals surface area (Å²) in [6, 6.07) is 12.4. The van der Waals surface area contributed by atoms with Crippen LogP contribution in [-0.2, 0) is 14.1 Å². The van der Waals surface area contributed by atoms with Crippen molar-refractivity contribution in [2.45, 2.75) is 6.92 Å². The zero-order valence-electron chi connectivity index (χ0n) is 15.6. The second kappa shape index (κ2) is 6.42. The molecular formula is C21H18ClN3O3. The molecular weight excluding hydrogens is 378 g/mol. The van der Waals surface area contributed by atoms with Gasteiger partial charge < -0.3 is 9.67 Å². The molecule has 0 spiro atoms. The van der Waals surface area contributed by atoms with Crippen molar-refractivity contribution in [3.8, 4) is 22.7 Å². The van der Waals surface area contributed by atoms with Crippen molar-refractivity contribution < 1.29 is 5.11 Å². The van der Waals surface area contributed by atoms with E-state index >= 15 is 0 Å². The number of halogens is 1. The largest absolute Gasteiger partial charge is 0.506 e. The van der Waals surface area contributed by atoms with Gasteiger partial charge in [0.25, 0.3) is 5.56 Å². The number of aryl methyl sites for hydroxylation is 2. The van der Waals surface area contributed by atoms with Crippen LogP contribution in [-0.4, -0.2) is 18.8 Å². The first-order valence-corrected chi connectivity index (χ1v) is 9.05. The van der Waals surface area contributed by atoms with E-state index in [1.807, 2.05) is 25.1 Å². The number of benzene rings is 2. The second-order valence-corrected chi connectivity index (χ2v) is 7.19. The number of hydrogen-bond acceptors (Lipinski definition) is 3. The molecule has 1 N–H and O–H groups in total. The van der Waals surface area contributed by atoms with Crippen molar-refractivity contribution >= 4 is 22.5 Å². The molecule has 7 heteroatoms. The van der Waals surface area contributed by atoms with Crippen molar-refractivity contribution in [3.63, 3.8) is 0 Å². The molecule has 0 aliphatic rings. The van der Waals surface area contributed by atoms with E-state index in [9.17, 15) is 14.7 Å². The zero-order chi connectivity index (χ0) is 20.2. The molecule has 2 aromatic heterocycles. The molecule has 0 atom stereocenters. The van der Waals surface area contributed by atoms with Crippen LogP contribution in [0.1, 0.15) is 5.56 Å². The summed E-state index contributed by atoms with van der Waals surface area (Å²) in [5, 5.41) is 11.3. The molecule has 142 valence electrons. The summed E-state index contributed by atoms with van der Waals surface area (Å²) < 4.78 is 4.21. The van der Waals surface area contributed by atoms with E-state index in [1.165, 1.54) is 11.6 Å². The maximum absolute atomic E-state index is 13.0. The number of aromatic nitrogens is 3. The number of rotatable bonds is 2. The molecule has 0 amide bonds. The Bertz CT molecular complexity index is 1360. The second-order valence-electron chi connectivity index (χ2n) is 6.79. The number of aromatic hydroxyl groups is 1. The minimum atomic E-state index is -0.422. The highest BCUT2D eigenvalue weighted by molar-refractivity contribution is 6.33. The van der Waals surface area contributed by atoms with Crippen LogP contribution in [0.2, 0.25) is 5.02 Å². The third-order valence-electron chi connectivity index (χ3n) is 4.96. The van der Waals surface area contributed by atoms with Gasteiger partial charge in [0.1, 0.15) is 5.75 Å². The van der Waals surface area contributed by atoms with Crippen LogP contribution in [0, 0.1) is 6.92 Å². The number of hydrogen-bond donors (Lipinski definition) is 1. The lowest BCUT2D eigenvalue weighted by molar-refractivity contribution is 0.472. The predicted molar refractivity (Wildman–Crippen MR) is 111 cm³/mol. The summed E-state index contributed by atoms with van der Waals surface area (Å²) in [4.78, 5) is 25.5. The normalized spacial score (nSPS) is 11.3. The van der Waals surface area contributed by atoms with Crippen molar-refractivity contribution in [2.24, 2.45) is 14.1 Å². The molecule has 0 fully saturated rings. The number of phenols is 1. The summed E-state index contributed by atoms with van der Waals surface area (Å²) in [7, 11) is 3.06. The minimum Gasteiger partial charge on any atom is -0.506 e. The van der Waals surface area contributed by atoms with Gasteiger partial charge in [0, 0.05) is 30.9 Å². The first-order chi connectivity index (χ1) is 13.3. The summed E-state index contributed by atoms with van der Waals surface area (Å²) in [6.07, 6.45) is 1.69. The van der Waals surface area contributed by atoms with Crippen LogP contribution in [0.3, 0.4) is 0 Å². The lowest BCUT2D eigenvalue weighted by atomic mass is 10.1. The van der Waals surface area contributed by atoms with Gasteiger partial charge in [-0.2, -0.15) is 0 Å². The van der Waals surface area contributed by atoms with E-state index in [0.717, 1.165) is 10.1 Å². The first-order valence-electron chi connectivity index (χ1n) is 8.67. The third kappa shape index (κ3) is 2.57. The Morgan fingerprint density at radius 1 is 1.00 bits per heavy atom. The van der Waals surface area contributed by atoms with Gasteiger partial charge in [-0.15, -0.1) is 0 Å². The Balaban J connectivity index is 2.28. The maximum Gasteiger partial charge on any atom is 0.330 e. The monoisotopic (exact) mass is 395 g/mol. The maximum atomic E-state index is 13.0. The van der Waals surface area contributed by atoms with Crippen LogP contribution in [0.4, 0.5) is 0 Å². The van der Waals surface area contributed by atoms with Crippen LogP contribution in [0.15, 0.2) is 58.3 Å². The number of fused-ring (bicyclic) bond motifs is 1. The Hall–Kier alpha value is -3.25. The fourth-order valence-electron chi connectivity index (χ4n) is 3.48. The summed E-state index contributed by atoms with van der Waals surface area (Å²) in [5.41, 5.74) is 2.23. The average Bonchev–Trinajstić information content (AvgIpc) is 3.07. The Morgan fingerprint density at radius 3 is 2.43 bits per heavy atom. The Labute approximate surface area is 165 Å². The van der Waals surface area contributed by atoms with Crippen LogP contribution in [0.25, 0.3) is 27.8 Å². The van der Waals surface area contributed by atoms with Crippen molar-refractivity contribution in [2.75, 3.05) is 0 Å². The van der Waals surface area contributed by atoms with E-state index in [4.69, 9.17) is 11.6 Å². The van der Waals surface area contributed by atoms with Crippen molar-refractivity contribution in [1.82, 2.24) is 13.7 Å². The fourth-order valence-corrected chi connectivity index (χ4v) is 3.70. The number of nitrogens with zero attached hydrogens (tertiary/aromatic N) is 3. The van der Waals surface area contributed by atoms with Crippen molar-refractivity contribution in [1.29, 1.82) is 0 Å². The molecule has 0 bridgehead atoms. The van der Waals surface area contributed by atoms with Gasteiger partial charge in [-0.25, -0.2) is 4.79 Å². The van der Waals surface area contributed by atoms with Gasteiger partial charge >= 0.3 is 5.69 Å². The first kappa shape index (κ1) is 18.1. The van der Waals surface area contributed by atoms with Crippen LogP contribution in [0.5, 0.6) is 5.75 Å². The lowest BCUT2D eigenvalue weighted by Gasteiger charge is -2.13. The SMILES string of the molecule is Cc1ccc(O)c(-n2cc3c(c2-c2ccccc2Cl)c(=O)n(C)c(=O)n3C)c1. The van der Waals surface area contributed by atoms with E-state index < -0.39 is 11.2 Å². The van der Waals surface area contributed by atoms with Gasteiger partial charge in [0.15, 0.2) is 0 Å². The Morgan fingerprint density at radius 2 is 1.71 bits per heavy atom. The topological polar surface area (TPSA) is 69.2 Å². The van der Waals surface area contributed by atoms with Crippen LogP contribution >= 0.6 is 11.6 Å². The molecule has 6 nitrogen and oxygen atoms in total. The number of phenolic OH excluding ortho intramolecular Hbond substituents is 1. The van der Waals surface area contributed by atoms with Crippen molar-refractivity contribution in [3.05, 3.63) is 80.1 Å². The molecule has 0 saturated heterocycles. The summed E-state index contributed by atoms with van der Waals surface area (Å²) in [5.74, 6) is 0.0565. The quantitative estimate of drug-likeness (QED) is 0.565. The molecule has 0 aliphatic carbocycles. The Kier molecular flexibility index (Phi) is 4.16. The predicted octanol–water partition coefficient (Wildman–Crippen LogP) is 3.36. The van der Waals surface area contributed by atoms with Gasteiger partial charge in [-0.3, -0.25) is 13.9 Å². The zero-order valence-corrected chi connectivity index (χ0v) is 16.4. The van der Waals surface area contributed by atoms with E-state index in [0.29, 0.717) is 32.9 Å². The van der Waals surface area contributed by atoms with E-state index in [1.54, 1.807) is 42.1 Å². The highest BCUT2D eigenvalue weighted by Gasteiger charge is 2.22. The van der Waals surface area contributed by atoms with E-state index in [-0.39, 0.29) is 5.75 Å².